The summed E-state index contributed by atoms with van der Waals surface area (Å²) in [5.41, 5.74) is 8.70. The molecule has 5 aromatic rings. The summed E-state index contributed by atoms with van der Waals surface area (Å²) in [5, 5.41) is 0. The molecule has 1 nitrogen and oxygen atoms in total. The highest BCUT2D eigenvalue weighted by atomic mass is 32.2. The van der Waals surface area contributed by atoms with Crippen LogP contribution in [0.2, 0.25) is 0 Å². The van der Waals surface area contributed by atoms with Gasteiger partial charge in [-0.2, -0.15) is 0 Å². The van der Waals surface area contributed by atoms with Gasteiger partial charge in [0.2, 0.25) is 0 Å². The molecule has 1 aliphatic rings. The molecule has 0 atom stereocenters. The SMILES string of the molecule is COc1ccc(C2SC(=C(c3ccccc3)c3ccccc3)C(=C(c3ccccc3)c3ccccc3)S2)cc1. The fourth-order valence-corrected chi connectivity index (χ4v) is 8.06. The largest absolute Gasteiger partial charge is 0.497 e. The van der Waals surface area contributed by atoms with E-state index in [0.29, 0.717) is 0 Å². The van der Waals surface area contributed by atoms with Gasteiger partial charge >= 0.3 is 0 Å². The average Bonchev–Trinajstić information content (AvgIpc) is 3.44. The third kappa shape index (κ3) is 5.47. The molecule has 0 spiro atoms. The van der Waals surface area contributed by atoms with Crippen molar-refractivity contribution in [2.45, 2.75) is 4.58 Å². The number of benzene rings is 5. The molecule has 1 fully saturated rings. The van der Waals surface area contributed by atoms with Crippen molar-refractivity contribution in [3.63, 3.8) is 0 Å². The third-order valence-electron chi connectivity index (χ3n) is 6.75. The van der Waals surface area contributed by atoms with Crippen LogP contribution in [-0.4, -0.2) is 7.11 Å². The molecule has 190 valence electrons. The molecule has 0 saturated carbocycles. The van der Waals surface area contributed by atoms with Crippen LogP contribution in [0.3, 0.4) is 0 Å². The Morgan fingerprint density at radius 3 is 1.10 bits per heavy atom. The Balaban J connectivity index is 1.65. The first-order chi connectivity index (χ1) is 19.3. The molecular weight excluding hydrogens is 513 g/mol. The van der Waals surface area contributed by atoms with Crippen LogP contribution in [0.25, 0.3) is 11.1 Å². The minimum Gasteiger partial charge on any atom is -0.497 e. The maximum atomic E-state index is 5.45. The molecule has 39 heavy (non-hydrogen) atoms. The van der Waals surface area contributed by atoms with Gasteiger partial charge in [-0.1, -0.05) is 133 Å². The molecule has 5 aromatic carbocycles. The van der Waals surface area contributed by atoms with Crippen LogP contribution in [0.15, 0.2) is 155 Å². The van der Waals surface area contributed by atoms with Crippen molar-refractivity contribution in [3.05, 3.63) is 183 Å². The number of methoxy groups -OCH3 is 1. The van der Waals surface area contributed by atoms with Gasteiger partial charge < -0.3 is 4.74 Å². The van der Waals surface area contributed by atoms with Crippen molar-refractivity contribution >= 4 is 34.7 Å². The smallest absolute Gasteiger partial charge is 0.118 e. The highest BCUT2D eigenvalue weighted by molar-refractivity contribution is 8.24. The summed E-state index contributed by atoms with van der Waals surface area (Å²) < 4.78 is 5.66. The first-order valence-corrected chi connectivity index (χ1v) is 14.8. The summed E-state index contributed by atoms with van der Waals surface area (Å²) in [6.45, 7) is 0. The average molecular weight is 541 g/mol. The van der Waals surface area contributed by atoms with Gasteiger partial charge in [-0.3, -0.25) is 0 Å². The molecule has 0 aliphatic carbocycles. The van der Waals surface area contributed by atoms with Gasteiger partial charge in [-0.05, 0) is 39.9 Å². The molecule has 1 saturated heterocycles. The van der Waals surface area contributed by atoms with Crippen LogP contribution >= 0.6 is 23.5 Å². The second-order valence-electron chi connectivity index (χ2n) is 9.21. The predicted molar refractivity (Wildman–Crippen MR) is 169 cm³/mol. The lowest BCUT2D eigenvalue weighted by molar-refractivity contribution is 0.414. The minimum atomic E-state index is 0.214. The van der Waals surface area contributed by atoms with Gasteiger partial charge in [0.05, 0.1) is 11.7 Å². The Kier molecular flexibility index (Phi) is 7.71. The van der Waals surface area contributed by atoms with E-state index in [4.69, 9.17) is 4.74 Å². The van der Waals surface area contributed by atoms with Crippen molar-refractivity contribution in [1.29, 1.82) is 0 Å². The highest BCUT2D eigenvalue weighted by Gasteiger charge is 2.33. The predicted octanol–water partition coefficient (Wildman–Crippen LogP) is 10.1. The fourth-order valence-electron chi connectivity index (χ4n) is 4.86. The molecule has 1 heterocycles. The lowest BCUT2D eigenvalue weighted by Gasteiger charge is -2.17. The zero-order valence-corrected chi connectivity index (χ0v) is 23.3. The number of hydrogen-bond donors (Lipinski definition) is 0. The summed E-state index contributed by atoms with van der Waals surface area (Å²) >= 11 is 3.89. The maximum Gasteiger partial charge on any atom is 0.118 e. The number of hydrogen-bond acceptors (Lipinski definition) is 3. The van der Waals surface area contributed by atoms with Crippen LogP contribution < -0.4 is 4.74 Å². The van der Waals surface area contributed by atoms with Crippen LogP contribution in [0.5, 0.6) is 5.75 Å². The molecule has 0 unspecified atom stereocenters. The molecule has 0 radical (unpaired) electrons. The van der Waals surface area contributed by atoms with Gasteiger partial charge in [-0.15, -0.1) is 23.5 Å². The van der Waals surface area contributed by atoms with Crippen LogP contribution in [-0.2, 0) is 0 Å². The Hall–Kier alpha value is -3.92. The van der Waals surface area contributed by atoms with E-state index in [1.54, 1.807) is 7.11 Å². The Morgan fingerprint density at radius 1 is 0.462 bits per heavy atom. The molecule has 0 N–H and O–H groups in total. The van der Waals surface area contributed by atoms with E-state index in [2.05, 4.69) is 146 Å². The van der Waals surface area contributed by atoms with Crippen LogP contribution in [0, 0.1) is 0 Å². The molecule has 3 heteroatoms. The van der Waals surface area contributed by atoms with Crippen LogP contribution in [0.1, 0.15) is 32.4 Å². The summed E-state index contributed by atoms with van der Waals surface area (Å²) in [5.74, 6) is 0.877. The van der Waals surface area contributed by atoms with Crippen molar-refractivity contribution in [3.8, 4) is 5.75 Å². The topological polar surface area (TPSA) is 9.23 Å². The van der Waals surface area contributed by atoms with E-state index >= 15 is 0 Å². The quantitative estimate of drug-likeness (QED) is 0.212. The standard InChI is InChI=1S/C36H28OS2/c1-37-31-24-22-30(23-25-31)36-38-34(32(26-14-6-2-7-15-26)27-16-8-3-9-17-27)35(39-36)33(28-18-10-4-11-19-28)29-20-12-5-13-21-29/h2-25,36H,1H3. The minimum absolute atomic E-state index is 0.214. The van der Waals surface area contributed by atoms with E-state index in [9.17, 15) is 0 Å². The molecule has 0 amide bonds. The monoisotopic (exact) mass is 540 g/mol. The molecule has 0 bridgehead atoms. The number of thioether (sulfide) groups is 2. The summed E-state index contributed by atoms with van der Waals surface area (Å²) in [4.78, 5) is 2.61. The summed E-state index contributed by atoms with van der Waals surface area (Å²) in [6, 6.07) is 51.7. The van der Waals surface area contributed by atoms with Gasteiger partial charge in [-0.25, -0.2) is 0 Å². The lowest BCUT2D eigenvalue weighted by atomic mass is 9.93. The third-order valence-corrected chi connectivity index (χ3v) is 9.71. The fraction of sp³-hybridized carbons (Fsp3) is 0.0556. The second kappa shape index (κ2) is 11.9. The van der Waals surface area contributed by atoms with E-state index in [-0.39, 0.29) is 4.58 Å². The molecule has 0 aromatic heterocycles. The molecule has 6 rings (SSSR count). The van der Waals surface area contributed by atoms with Gasteiger partial charge in [0, 0.05) is 21.0 Å². The van der Waals surface area contributed by atoms with E-state index in [0.717, 1.165) is 5.75 Å². The zero-order valence-electron chi connectivity index (χ0n) is 21.7. The van der Waals surface area contributed by atoms with Crippen molar-refractivity contribution in [1.82, 2.24) is 0 Å². The Morgan fingerprint density at radius 2 is 0.795 bits per heavy atom. The lowest BCUT2D eigenvalue weighted by Crippen LogP contribution is -1.96. The van der Waals surface area contributed by atoms with E-state index in [1.165, 1.54) is 48.8 Å². The van der Waals surface area contributed by atoms with E-state index in [1.807, 2.05) is 23.5 Å². The summed E-state index contributed by atoms with van der Waals surface area (Å²) in [7, 11) is 1.72. The first kappa shape index (κ1) is 25.4. The van der Waals surface area contributed by atoms with Crippen LogP contribution in [0.4, 0.5) is 0 Å². The Labute approximate surface area is 239 Å². The molecule has 1 aliphatic heterocycles. The van der Waals surface area contributed by atoms with E-state index < -0.39 is 0 Å². The van der Waals surface area contributed by atoms with Gasteiger partial charge in [0.1, 0.15) is 5.75 Å². The normalized spacial score (nSPS) is 13.4. The highest BCUT2D eigenvalue weighted by Crippen LogP contribution is 2.63. The van der Waals surface area contributed by atoms with Crippen molar-refractivity contribution < 1.29 is 4.74 Å². The van der Waals surface area contributed by atoms with Gasteiger partial charge in [0.15, 0.2) is 0 Å². The second-order valence-corrected chi connectivity index (χ2v) is 11.7. The van der Waals surface area contributed by atoms with Crippen molar-refractivity contribution in [2.75, 3.05) is 7.11 Å². The maximum absolute atomic E-state index is 5.45. The zero-order chi connectivity index (χ0) is 26.4. The molecular formula is C36H28OS2. The number of ether oxygens (including phenoxy) is 1. The van der Waals surface area contributed by atoms with Gasteiger partial charge in [0.25, 0.3) is 0 Å². The first-order valence-electron chi connectivity index (χ1n) is 13.0. The Bertz CT molecular complexity index is 1410. The van der Waals surface area contributed by atoms with Crippen molar-refractivity contribution in [2.24, 2.45) is 0 Å². The summed E-state index contributed by atoms with van der Waals surface area (Å²) in [6.07, 6.45) is 0. The number of rotatable bonds is 6.